The quantitative estimate of drug-likeness (QED) is 0.546. The summed E-state index contributed by atoms with van der Waals surface area (Å²) in [7, 11) is -2.58. The van der Waals surface area contributed by atoms with E-state index >= 15 is 0 Å². The number of aromatic nitrogens is 2. The molecule has 0 unspecified atom stereocenters. The van der Waals surface area contributed by atoms with Crippen LogP contribution >= 0.6 is 11.6 Å². The number of carbonyl (C=O) groups is 1. The first-order valence-electron chi connectivity index (χ1n) is 10.3. The van der Waals surface area contributed by atoms with Crippen LogP contribution < -0.4 is 14.8 Å². The fraction of sp³-hybridized carbons (Fsp3) is 0.273. The first-order valence-corrected chi connectivity index (χ1v) is 12.1. The number of hydrogen-bond acceptors (Lipinski definition) is 6. The molecule has 174 valence electrons. The van der Waals surface area contributed by atoms with Gasteiger partial charge in [-0.2, -0.15) is 9.40 Å². The van der Waals surface area contributed by atoms with Crippen LogP contribution in [-0.4, -0.2) is 55.2 Å². The number of carbonyl (C=O) groups excluding carboxylic acids is 1. The summed E-state index contributed by atoms with van der Waals surface area (Å²) in [6.45, 7) is 0.921. The highest BCUT2D eigenvalue weighted by atomic mass is 35.5. The summed E-state index contributed by atoms with van der Waals surface area (Å²) in [5.41, 5.74) is 0.840. The van der Waals surface area contributed by atoms with Crippen LogP contribution in [0.25, 0.3) is 0 Å². The Morgan fingerprint density at radius 1 is 1.15 bits per heavy atom. The molecular weight excluding hydrogens is 468 g/mol. The molecule has 2 heterocycles. The number of sulfonamides is 1. The van der Waals surface area contributed by atoms with Gasteiger partial charge in [-0.05, 0) is 23.8 Å². The lowest BCUT2D eigenvalue weighted by molar-refractivity contribution is -0.116. The van der Waals surface area contributed by atoms with Crippen molar-refractivity contribution in [3.8, 4) is 11.5 Å². The second-order valence-electron chi connectivity index (χ2n) is 7.43. The number of halogens is 1. The fourth-order valence-electron chi connectivity index (χ4n) is 3.31. The zero-order valence-corrected chi connectivity index (χ0v) is 19.5. The predicted molar refractivity (Wildman–Crippen MR) is 123 cm³/mol. The molecule has 1 aliphatic rings. The molecule has 0 atom stereocenters. The van der Waals surface area contributed by atoms with Crippen molar-refractivity contribution in [2.75, 3.05) is 32.1 Å². The van der Waals surface area contributed by atoms with E-state index in [9.17, 15) is 13.2 Å². The van der Waals surface area contributed by atoms with E-state index < -0.39 is 15.9 Å². The van der Waals surface area contributed by atoms with Gasteiger partial charge < -0.3 is 14.8 Å². The molecule has 3 aromatic rings. The third-order valence-corrected chi connectivity index (χ3v) is 7.22. The summed E-state index contributed by atoms with van der Waals surface area (Å²) in [5, 5.41) is 7.52. The molecule has 4 rings (SSSR count). The molecular formula is C22H23ClN4O5S. The molecule has 9 nitrogen and oxygen atoms in total. The van der Waals surface area contributed by atoms with Crippen molar-refractivity contribution >= 4 is 33.3 Å². The number of rotatable bonds is 7. The molecule has 0 aliphatic carbocycles. The summed E-state index contributed by atoms with van der Waals surface area (Å²) in [6, 6.07) is 13.4. The van der Waals surface area contributed by atoms with Crippen LogP contribution in [-0.2, 0) is 21.4 Å². The molecule has 2 aromatic carbocycles. The van der Waals surface area contributed by atoms with E-state index in [0.29, 0.717) is 48.5 Å². The van der Waals surface area contributed by atoms with Crippen molar-refractivity contribution in [2.45, 2.75) is 17.9 Å². The highest BCUT2D eigenvalue weighted by molar-refractivity contribution is 7.89. The fourth-order valence-corrected chi connectivity index (χ4v) is 4.64. The number of anilines is 1. The van der Waals surface area contributed by atoms with E-state index in [-0.39, 0.29) is 11.4 Å². The van der Waals surface area contributed by atoms with Crippen molar-refractivity contribution in [2.24, 2.45) is 0 Å². The van der Waals surface area contributed by atoms with Crippen molar-refractivity contribution < 1.29 is 22.7 Å². The molecule has 0 spiro atoms. The first kappa shape index (κ1) is 23.1. The minimum absolute atomic E-state index is 0.0193. The monoisotopic (exact) mass is 490 g/mol. The highest BCUT2D eigenvalue weighted by Gasteiger charge is 2.25. The maximum absolute atomic E-state index is 13.0. The van der Waals surface area contributed by atoms with E-state index in [0.717, 1.165) is 9.87 Å². The van der Waals surface area contributed by atoms with Gasteiger partial charge >= 0.3 is 0 Å². The van der Waals surface area contributed by atoms with Crippen LogP contribution in [0.2, 0.25) is 5.02 Å². The molecule has 33 heavy (non-hydrogen) atoms. The lowest BCUT2D eigenvalue weighted by atomic mass is 10.2. The van der Waals surface area contributed by atoms with Crippen LogP contribution in [0.4, 0.5) is 5.82 Å². The Labute approximate surface area is 196 Å². The normalized spacial score (nSPS) is 13.5. The van der Waals surface area contributed by atoms with E-state index in [1.807, 2.05) is 18.2 Å². The Hall–Kier alpha value is -3.08. The van der Waals surface area contributed by atoms with Gasteiger partial charge in [0.2, 0.25) is 15.9 Å². The largest absolute Gasteiger partial charge is 0.490 e. The smallest absolute Gasteiger partial charge is 0.243 e. The first-order chi connectivity index (χ1) is 15.8. The van der Waals surface area contributed by atoms with Gasteiger partial charge in [-0.15, -0.1) is 0 Å². The SMILES string of the molecule is CN(CC(=O)Nc1ccnn1Cc1ccccc1Cl)S(=O)(=O)c1ccc2c(c1)OCCCO2. The molecule has 11 heteroatoms. The Kier molecular flexibility index (Phi) is 6.87. The van der Waals surface area contributed by atoms with Crippen molar-refractivity contribution in [3.05, 3.63) is 65.3 Å². The Bertz CT molecular complexity index is 1260. The minimum atomic E-state index is -3.93. The number of ether oxygens (including phenoxy) is 2. The number of likely N-dealkylation sites (N-methyl/N-ethyl adjacent to an activating group) is 1. The summed E-state index contributed by atoms with van der Waals surface area (Å²) < 4.78 is 39.7. The summed E-state index contributed by atoms with van der Waals surface area (Å²) in [4.78, 5) is 12.6. The molecule has 0 radical (unpaired) electrons. The van der Waals surface area contributed by atoms with Gasteiger partial charge in [0.1, 0.15) is 5.82 Å². The number of amides is 1. The molecule has 1 amide bonds. The van der Waals surface area contributed by atoms with Gasteiger partial charge in [0.15, 0.2) is 11.5 Å². The van der Waals surface area contributed by atoms with Gasteiger partial charge in [-0.1, -0.05) is 29.8 Å². The molecule has 0 saturated carbocycles. The molecule has 0 bridgehead atoms. The third-order valence-electron chi connectivity index (χ3n) is 5.06. The number of hydrogen-bond donors (Lipinski definition) is 1. The lowest BCUT2D eigenvalue weighted by Gasteiger charge is -2.18. The Balaban J connectivity index is 1.43. The average molecular weight is 491 g/mol. The van der Waals surface area contributed by atoms with Crippen molar-refractivity contribution in [3.63, 3.8) is 0 Å². The standard InChI is InChI=1S/C22H23ClN4O5S/c1-26(33(29,30)17-7-8-19-20(13-17)32-12-4-11-31-19)15-22(28)25-21-9-10-24-27(21)14-16-5-2-3-6-18(16)23/h2-3,5-10,13H,4,11-12,14-15H2,1H3,(H,25,28). The Morgan fingerprint density at radius 2 is 1.91 bits per heavy atom. The van der Waals surface area contributed by atoms with Gasteiger partial charge in [-0.3, -0.25) is 4.79 Å². The molecule has 0 fully saturated rings. The van der Waals surface area contributed by atoms with Crippen molar-refractivity contribution in [1.82, 2.24) is 14.1 Å². The van der Waals surface area contributed by atoms with E-state index in [2.05, 4.69) is 10.4 Å². The van der Waals surface area contributed by atoms with Crippen molar-refractivity contribution in [1.29, 1.82) is 0 Å². The van der Waals surface area contributed by atoms with E-state index in [1.54, 1.807) is 29.1 Å². The average Bonchev–Trinajstić information content (AvgIpc) is 3.07. The highest BCUT2D eigenvalue weighted by Crippen LogP contribution is 2.32. The third kappa shape index (κ3) is 5.29. The van der Waals surface area contributed by atoms with Crippen LogP contribution in [0, 0.1) is 0 Å². The number of nitrogens with zero attached hydrogens (tertiary/aromatic N) is 3. The maximum atomic E-state index is 13.0. The van der Waals surface area contributed by atoms with Gasteiger partial charge in [-0.25, -0.2) is 13.1 Å². The maximum Gasteiger partial charge on any atom is 0.243 e. The molecule has 1 aromatic heterocycles. The number of fused-ring (bicyclic) bond motifs is 1. The molecule has 0 saturated heterocycles. The zero-order chi connectivity index (χ0) is 23.4. The number of nitrogens with one attached hydrogen (secondary N) is 1. The minimum Gasteiger partial charge on any atom is -0.490 e. The second kappa shape index (κ2) is 9.82. The summed E-state index contributed by atoms with van der Waals surface area (Å²) in [5.74, 6) is 0.797. The lowest BCUT2D eigenvalue weighted by Crippen LogP contribution is -2.35. The molecule has 1 N–H and O–H groups in total. The predicted octanol–water partition coefficient (Wildman–Crippen LogP) is 3.01. The van der Waals surface area contributed by atoms with E-state index in [1.165, 1.54) is 19.2 Å². The number of benzene rings is 2. The van der Waals surface area contributed by atoms with Gasteiger partial charge in [0.05, 0.1) is 37.4 Å². The topological polar surface area (TPSA) is 103 Å². The summed E-state index contributed by atoms with van der Waals surface area (Å²) >= 11 is 6.21. The van der Waals surface area contributed by atoms with E-state index in [4.69, 9.17) is 21.1 Å². The van der Waals surface area contributed by atoms with Crippen LogP contribution in [0.3, 0.4) is 0 Å². The summed E-state index contributed by atoms with van der Waals surface area (Å²) in [6.07, 6.45) is 2.26. The Morgan fingerprint density at radius 3 is 2.70 bits per heavy atom. The van der Waals surface area contributed by atoms with Gasteiger partial charge in [0.25, 0.3) is 0 Å². The zero-order valence-electron chi connectivity index (χ0n) is 17.9. The second-order valence-corrected chi connectivity index (χ2v) is 9.89. The van der Waals surface area contributed by atoms with Crippen LogP contribution in [0.1, 0.15) is 12.0 Å². The molecule has 1 aliphatic heterocycles. The van der Waals surface area contributed by atoms with Crippen LogP contribution in [0.15, 0.2) is 59.6 Å². The van der Waals surface area contributed by atoms with Gasteiger partial charge in [0, 0.05) is 30.6 Å². The van der Waals surface area contributed by atoms with Crippen LogP contribution in [0.5, 0.6) is 11.5 Å².